The largest absolute Gasteiger partial charge is 0.0656 e. The van der Waals surface area contributed by atoms with Crippen LogP contribution < -0.4 is 0 Å². The topological polar surface area (TPSA) is 0 Å². The van der Waals surface area contributed by atoms with Gasteiger partial charge in [0.2, 0.25) is 0 Å². The fourth-order valence-corrected chi connectivity index (χ4v) is 1.54. The van der Waals surface area contributed by atoms with E-state index < -0.39 is 0 Å². The van der Waals surface area contributed by atoms with Crippen molar-refractivity contribution in [3.63, 3.8) is 0 Å². The van der Waals surface area contributed by atoms with Crippen LogP contribution in [-0.2, 0) is 0 Å². The lowest BCUT2D eigenvalue weighted by Gasteiger charge is -2.33. The normalized spacial score (nSPS) is 23.6. The van der Waals surface area contributed by atoms with Crippen molar-refractivity contribution < 1.29 is 0 Å². The van der Waals surface area contributed by atoms with Gasteiger partial charge in [0, 0.05) is 0 Å². The zero-order valence-corrected chi connectivity index (χ0v) is 11.4. The molecule has 88 valence electrons. The van der Waals surface area contributed by atoms with Gasteiger partial charge in [-0.2, -0.15) is 0 Å². The molecule has 1 fully saturated rings. The summed E-state index contributed by atoms with van der Waals surface area (Å²) in [5.41, 5.74) is 0. The summed E-state index contributed by atoms with van der Waals surface area (Å²) in [6.45, 7) is 13.1. The van der Waals surface area contributed by atoms with Gasteiger partial charge in [-0.3, -0.25) is 0 Å². The lowest BCUT2D eigenvalue weighted by molar-refractivity contribution is 0.183. The molecule has 1 rings (SSSR count). The molecule has 0 aromatic rings. The van der Waals surface area contributed by atoms with E-state index in [4.69, 9.17) is 0 Å². The minimum atomic E-state index is 1.10. The molecular weight excluding hydrogens is 168 g/mol. The average Bonchev–Trinajstić information content (AvgIpc) is 2.06. The van der Waals surface area contributed by atoms with Crippen LogP contribution in [0.3, 0.4) is 0 Å². The summed E-state index contributed by atoms with van der Waals surface area (Å²) in [5, 5.41) is 0. The summed E-state index contributed by atoms with van der Waals surface area (Å²) in [4.78, 5) is 0. The average molecular weight is 200 g/mol. The van der Waals surface area contributed by atoms with E-state index in [1.54, 1.807) is 0 Å². The maximum atomic E-state index is 2.30. The van der Waals surface area contributed by atoms with E-state index in [2.05, 4.69) is 41.5 Å². The van der Waals surface area contributed by atoms with Crippen LogP contribution in [0.25, 0.3) is 0 Å². The molecule has 0 bridgehead atoms. The summed E-state index contributed by atoms with van der Waals surface area (Å²) < 4.78 is 0. The molecule has 0 N–H and O–H groups in total. The zero-order chi connectivity index (χ0) is 11.4. The van der Waals surface area contributed by atoms with Crippen molar-refractivity contribution in [1.82, 2.24) is 0 Å². The van der Waals surface area contributed by atoms with E-state index in [-0.39, 0.29) is 0 Å². The molecule has 14 heavy (non-hydrogen) atoms. The fraction of sp³-hybridized carbons (Fsp3) is 1.00. The lowest BCUT2D eigenvalue weighted by Crippen LogP contribution is -2.21. The Morgan fingerprint density at radius 1 is 0.643 bits per heavy atom. The highest BCUT2D eigenvalue weighted by molar-refractivity contribution is 4.76. The van der Waals surface area contributed by atoms with Gasteiger partial charge < -0.3 is 0 Å². The summed E-state index contributed by atoms with van der Waals surface area (Å²) in [6, 6.07) is 0. The van der Waals surface area contributed by atoms with Crippen molar-refractivity contribution in [2.45, 2.75) is 80.1 Å². The van der Waals surface area contributed by atoms with E-state index in [0.717, 1.165) is 11.8 Å². The van der Waals surface area contributed by atoms with Crippen molar-refractivity contribution in [3.05, 3.63) is 0 Å². The highest BCUT2D eigenvalue weighted by Crippen LogP contribution is 2.37. The van der Waals surface area contributed by atoms with Crippen LogP contribution >= 0.6 is 0 Å². The van der Waals surface area contributed by atoms with Crippen molar-refractivity contribution in [1.29, 1.82) is 0 Å². The van der Waals surface area contributed by atoms with Crippen LogP contribution in [0.15, 0.2) is 0 Å². The van der Waals surface area contributed by atoms with Gasteiger partial charge in [-0.25, -0.2) is 0 Å². The first kappa shape index (κ1) is 16.4. The Hall–Kier alpha value is 0. The molecule has 1 aliphatic carbocycles. The number of hydrogen-bond acceptors (Lipinski definition) is 0. The summed E-state index contributed by atoms with van der Waals surface area (Å²) in [5.74, 6) is 2.19. The summed E-state index contributed by atoms with van der Waals surface area (Å²) >= 11 is 0. The summed E-state index contributed by atoms with van der Waals surface area (Å²) in [7, 11) is 0. The molecule has 0 radical (unpaired) electrons. The SMILES string of the molecule is CCC.CCC.CCC1CC(CC)C1. The maximum absolute atomic E-state index is 2.30. The molecule has 0 nitrogen and oxygen atoms in total. The van der Waals surface area contributed by atoms with E-state index in [9.17, 15) is 0 Å². The molecule has 0 unspecified atom stereocenters. The minimum absolute atomic E-state index is 1.10. The highest BCUT2D eigenvalue weighted by Gasteiger charge is 2.25. The van der Waals surface area contributed by atoms with Crippen molar-refractivity contribution in [2.24, 2.45) is 11.8 Å². The molecule has 0 amide bonds. The van der Waals surface area contributed by atoms with Crippen molar-refractivity contribution >= 4 is 0 Å². The Kier molecular flexibility index (Phi) is 15.3. The molecule has 0 saturated heterocycles. The van der Waals surface area contributed by atoms with Gasteiger partial charge in [-0.15, -0.1) is 0 Å². The first-order chi connectivity index (χ1) is 6.69. The Morgan fingerprint density at radius 3 is 1.00 bits per heavy atom. The highest BCUT2D eigenvalue weighted by atomic mass is 14.3. The van der Waals surface area contributed by atoms with Gasteiger partial charge in [0.15, 0.2) is 0 Å². The molecule has 0 spiro atoms. The molecule has 0 aromatic carbocycles. The molecule has 1 saturated carbocycles. The quantitative estimate of drug-likeness (QED) is 0.539. The lowest BCUT2D eigenvalue weighted by atomic mass is 9.72. The predicted octanol–water partition coefficient (Wildman–Crippen LogP) is 5.67. The summed E-state index contributed by atoms with van der Waals surface area (Å²) in [6.07, 6.45) is 8.37. The van der Waals surface area contributed by atoms with Gasteiger partial charge in [0.05, 0.1) is 0 Å². The second-order valence-corrected chi connectivity index (χ2v) is 4.43. The van der Waals surface area contributed by atoms with Gasteiger partial charge in [-0.05, 0) is 24.7 Å². The third-order valence-electron chi connectivity index (χ3n) is 2.49. The van der Waals surface area contributed by atoms with Crippen LogP contribution in [0, 0.1) is 11.8 Å². The Balaban J connectivity index is 0. The molecule has 0 aliphatic heterocycles. The molecule has 0 heterocycles. The standard InChI is InChI=1S/C8H16.2C3H8/c1-3-7-5-8(4-2)6-7;2*1-3-2/h7-8H,3-6H2,1-2H3;2*3H2,1-2H3. The van der Waals surface area contributed by atoms with Gasteiger partial charge in [0.1, 0.15) is 0 Å². The molecule has 0 atom stereocenters. The van der Waals surface area contributed by atoms with E-state index in [1.807, 2.05) is 0 Å². The zero-order valence-electron chi connectivity index (χ0n) is 11.4. The fourth-order valence-electron chi connectivity index (χ4n) is 1.54. The van der Waals surface area contributed by atoms with Crippen LogP contribution in [0.1, 0.15) is 80.1 Å². The monoisotopic (exact) mass is 200 g/mol. The van der Waals surface area contributed by atoms with E-state index in [0.29, 0.717) is 0 Å². The number of hydrogen-bond donors (Lipinski definition) is 0. The van der Waals surface area contributed by atoms with Gasteiger partial charge >= 0.3 is 0 Å². The second kappa shape index (κ2) is 13.0. The molecule has 0 heteroatoms. The Morgan fingerprint density at radius 2 is 0.857 bits per heavy atom. The van der Waals surface area contributed by atoms with E-state index in [1.165, 1.54) is 38.5 Å². The van der Waals surface area contributed by atoms with Crippen molar-refractivity contribution in [3.8, 4) is 0 Å². The third kappa shape index (κ3) is 10.1. The molecule has 0 aromatic heterocycles. The van der Waals surface area contributed by atoms with Crippen LogP contribution in [0.4, 0.5) is 0 Å². The predicted molar refractivity (Wildman–Crippen MR) is 68.7 cm³/mol. The third-order valence-corrected chi connectivity index (χ3v) is 2.49. The van der Waals surface area contributed by atoms with Crippen molar-refractivity contribution in [2.75, 3.05) is 0 Å². The van der Waals surface area contributed by atoms with Crippen LogP contribution in [0.5, 0.6) is 0 Å². The molecule has 1 aliphatic rings. The number of rotatable bonds is 2. The van der Waals surface area contributed by atoms with Gasteiger partial charge in [0.25, 0.3) is 0 Å². The van der Waals surface area contributed by atoms with Crippen LogP contribution in [0.2, 0.25) is 0 Å². The smallest absolute Gasteiger partial charge is 0.0412 e. The second-order valence-electron chi connectivity index (χ2n) is 4.43. The Labute approximate surface area is 92.5 Å². The van der Waals surface area contributed by atoms with E-state index >= 15 is 0 Å². The van der Waals surface area contributed by atoms with Gasteiger partial charge in [-0.1, -0.05) is 67.2 Å². The Bertz CT molecular complexity index is 70.0. The van der Waals surface area contributed by atoms with Crippen LogP contribution in [-0.4, -0.2) is 0 Å². The first-order valence-corrected chi connectivity index (χ1v) is 6.69. The minimum Gasteiger partial charge on any atom is -0.0656 e. The first-order valence-electron chi connectivity index (χ1n) is 6.69. The molecular formula is C14H32. The maximum Gasteiger partial charge on any atom is -0.0412 e.